The van der Waals surface area contributed by atoms with Crippen LogP contribution in [-0.2, 0) is 6.18 Å². The van der Waals surface area contributed by atoms with Crippen molar-refractivity contribution in [3.05, 3.63) is 67.6 Å². The van der Waals surface area contributed by atoms with E-state index >= 15 is 0 Å². The second-order valence-corrected chi connectivity index (χ2v) is 10.2. The zero-order chi connectivity index (χ0) is 26.4. The number of benzene rings is 1. The topological polar surface area (TPSA) is 88.9 Å². The van der Waals surface area contributed by atoms with E-state index in [1.54, 1.807) is 13.0 Å². The molecule has 1 aliphatic rings. The lowest BCUT2D eigenvalue weighted by Crippen LogP contribution is -2.34. The fourth-order valence-electron chi connectivity index (χ4n) is 3.72. The summed E-state index contributed by atoms with van der Waals surface area (Å²) in [6.45, 7) is 3.56. The first-order chi connectivity index (χ1) is 16.9. The second-order valence-electron chi connectivity index (χ2n) is 8.48. The second kappa shape index (κ2) is 10.0. The molecule has 1 atom stereocenters. The summed E-state index contributed by atoms with van der Waals surface area (Å²) in [5.74, 6) is -0.972. The van der Waals surface area contributed by atoms with Crippen molar-refractivity contribution in [2.45, 2.75) is 38.9 Å². The summed E-state index contributed by atoms with van der Waals surface area (Å²) in [6, 6.07) is 3.73. The van der Waals surface area contributed by atoms with E-state index in [9.17, 15) is 22.8 Å². The molecule has 1 fully saturated rings. The molecular formula is C23H19BrCl2F3N5O2. The molecule has 13 heteroatoms. The Kier molecular flexibility index (Phi) is 7.36. The van der Waals surface area contributed by atoms with E-state index in [1.165, 1.54) is 18.5 Å². The minimum atomic E-state index is -4.84. The van der Waals surface area contributed by atoms with Gasteiger partial charge in [-0.05, 0) is 50.3 Å². The van der Waals surface area contributed by atoms with Gasteiger partial charge in [-0.1, -0.05) is 39.1 Å². The van der Waals surface area contributed by atoms with Gasteiger partial charge >= 0.3 is 6.18 Å². The van der Waals surface area contributed by atoms with E-state index < -0.39 is 29.4 Å². The van der Waals surface area contributed by atoms with Gasteiger partial charge in [-0.3, -0.25) is 14.6 Å². The molecule has 7 nitrogen and oxygen atoms in total. The number of nitrogens with zero attached hydrogens (tertiary/aromatic N) is 3. The number of amides is 2. The molecule has 0 saturated heterocycles. The van der Waals surface area contributed by atoms with Crippen molar-refractivity contribution in [2.75, 3.05) is 5.32 Å². The molecule has 2 amide bonds. The molecule has 1 aromatic carbocycles. The first-order valence-corrected chi connectivity index (χ1v) is 12.3. The zero-order valence-electron chi connectivity index (χ0n) is 18.9. The number of rotatable bonds is 6. The van der Waals surface area contributed by atoms with Gasteiger partial charge in [0, 0.05) is 29.0 Å². The largest absolute Gasteiger partial charge is 0.435 e. The Bertz CT molecular complexity index is 1340. The van der Waals surface area contributed by atoms with Crippen LogP contribution in [0.5, 0.6) is 0 Å². The van der Waals surface area contributed by atoms with Crippen LogP contribution < -0.4 is 10.6 Å². The third-order valence-corrected chi connectivity index (χ3v) is 6.75. The maximum atomic E-state index is 13.5. The predicted octanol–water partition coefficient (Wildman–Crippen LogP) is 6.44. The molecule has 2 aromatic heterocycles. The average molecular weight is 605 g/mol. The number of aromatic nitrogens is 3. The molecule has 190 valence electrons. The number of pyridine rings is 1. The lowest BCUT2D eigenvalue weighted by molar-refractivity contribution is -0.141. The number of aryl methyl sites for hydroxylation is 1. The van der Waals surface area contributed by atoms with E-state index in [1.807, 2.05) is 6.92 Å². The highest BCUT2D eigenvalue weighted by Crippen LogP contribution is 2.35. The number of hydrogen-bond acceptors (Lipinski definition) is 4. The molecule has 36 heavy (non-hydrogen) atoms. The van der Waals surface area contributed by atoms with Crippen molar-refractivity contribution in [1.29, 1.82) is 0 Å². The minimum absolute atomic E-state index is 0.0629. The highest BCUT2D eigenvalue weighted by Gasteiger charge is 2.37. The van der Waals surface area contributed by atoms with Gasteiger partial charge < -0.3 is 10.6 Å². The van der Waals surface area contributed by atoms with Crippen LogP contribution in [-0.4, -0.2) is 32.6 Å². The maximum absolute atomic E-state index is 13.5. The van der Waals surface area contributed by atoms with E-state index in [-0.39, 0.29) is 33.0 Å². The number of anilines is 1. The molecule has 1 unspecified atom stereocenters. The van der Waals surface area contributed by atoms with Crippen LogP contribution in [0.25, 0.3) is 5.69 Å². The molecule has 2 heterocycles. The van der Waals surface area contributed by atoms with E-state index in [4.69, 9.17) is 23.2 Å². The van der Waals surface area contributed by atoms with E-state index in [0.717, 1.165) is 12.8 Å². The Labute approximate surface area is 222 Å². The molecule has 1 saturated carbocycles. The maximum Gasteiger partial charge on any atom is 0.435 e. The third-order valence-electron chi connectivity index (χ3n) is 5.74. The summed E-state index contributed by atoms with van der Waals surface area (Å²) in [7, 11) is 0. The minimum Gasteiger partial charge on any atom is -0.349 e. The van der Waals surface area contributed by atoms with Crippen LogP contribution in [0.4, 0.5) is 18.9 Å². The Morgan fingerprint density at radius 2 is 1.78 bits per heavy atom. The lowest BCUT2D eigenvalue weighted by atomic mass is 10.1. The van der Waals surface area contributed by atoms with Crippen LogP contribution in [0.3, 0.4) is 0 Å². The van der Waals surface area contributed by atoms with Gasteiger partial charge in [-0.2, -0.15) is 18.3 Å². The summed E-state index contributed by atoms with van der Waals surface area (Å²) in [5.41, 5.74) is -1.12. The van der Waals surface area contributed by atoms with Gasteiger partial charge in [0.15, 0.2) is 5.69 Å². The number of nitrogens with one attached hydrogen (secondary N) is 2. The molecular weight excluding hydrogens is 586 g/mol. The molecule has 2 N–H and O–H groups in total. The van der Waals surface area contributed by atoms with Gasteiger partial charge in [0.1, 0.15) is 11.4 Å². The van der Waals surface area contributed by atoms with Crippen molar-refractivity contribution >= 4 is 56.6 Å². The molecule has 3 aromatic rings. The monoisotopic (exact) mass is 603 g/mol. The summed E-state index contributed by atoms with van der Waals surface area (Å²) < 4.78 is 41.9. The molecule has 4 rings (SSSR count). The molecule has 1 aliphatic carbocycles. The Morgan fingerprint density at radius 1 is 1.14 bits per heavy atom. The van der Waals surface area contributed by atoms with Gasteiger partial charge in [-0.25, -0.2) is 4.68 Å². The fraction of sp³-hybridized carbons (Fsp3) is 0.304. The van der Waals surface area contributed by atoms with Crippen LogP contribution in [0.2, 0.25) is 10.0 Å². The highest BCUT2D eigenvalue weighted by molar-refractivity contribution is 9.10. The van der Waals surface area contributed by atoms with Crippen molar-refractivity contribution in [1.82, 2.24) is 20.1 Å². The summed E-state index contributed by atoms with van der Waals surface area (Å²) >= 11 is 15.6. The first kappa shape index (κ1) is 26.4. The standard InChI is InChI=1S/C23H19BrCl2F3N5O2/c1-10-5-13(24)6-14(21(35)31-11(2)12-3-4-12)19(10)32-22(36)17-7-18(23(27,28)29)33-34(17)20-15(25)8-30-9-16(20)26/h5-9,11-12H,3-4H2,1-2H3,(H,31,35)(H,32,36). The normalized spacial score (nSPS) is 14.4. The zero-order valence-corrected chi connectivity index (χ0v) is 22.0. The molecule has 0 spiro atoms. The molecule has 0 bridgehead atoms. The number of alkyl halides is 3. The van der Waals surface area contributed by atoms with Crippen molar-refractivity contribution < 1.29 is 22.8 Å². The van der Waals surface area contributed by atoms with Crippen LogP contribution in [0.15, 0.2) is 35.1 Å². The van der Waals surface area contributed by atoms with Crippen LogP contribution >= 0.6 is 39.1 Å². The quantitative estimate of drug-likeness (QED) is 0.339. The van der Waals surface area contributed by atoms with Crippen molar-refractivity contribution in [2.24, 2.45) is 5.92 Å². The van der Waals surface area contributed by atoms with Crippen molar-refractivity contribution in [3.8, 4) is 5.69 Å². The van der Waals surface area contributed by atoms with E-state index in [0.29, 0.717) is 26.7 Å². The number of halogens is 6. The van der Waals surface area contributed by atoms with Gasteiger partial charge in [-0.15, -0.1) is 0 Å². The third kappa shape index (κ3) is 5.52. The van der Waals surface area contributed by atoms with Gasteiger partial charge in [0.05, 0.1) is 21.3 Å². The Morgan fingerprint density at radius 3 is 2.36 bits per heavy atom. The Hall–Kier alpha value is -2.63. The lowest BCUT2D eigenvalue weighted by Gasteiger charge is -2.18. The smallest absolute Gasteiger partial charge is 0.349 e. The van der Waals surface area contributed by atoms with Crippen molar-refractivity contribution in [3.63, 3.8) is 0 Å². The van der Waals surface area contributed by atoms with Crippen LogP contribution in [0, 0.1) is 12.8 Å². The highest BCUT2D eigenvalue weighted by atomic mass is 79.9. The van der Waals surface area contributed by atoms with Gasteiger partial charge in [0.25, 0.3) is 11.8 Å². The molecule has 0 radical (unpaired) electrons. The first-order valence-electron chi connectivity index (χ1n) is 10.8. The number of hydrogen-bond donors (Lipinski definition) is 2. The number of carbonyl (C=O) groups is 2. The Balaban J connectivity index is 1.76. The molecule has 0 aliphatic heterocycles. The SMILES string of the molecule is Cc1cc(Br)cc(C(=O)NC(C)C2CC2)c1NC(=O)c1cc(C(F)(F)F)nn1-c1c(Cl)cncc1Cl. The van der Waals surface area contributed by atoms with Gasteiger partial charge in [0.2, 0.25) is 0 Å². The van der Waals surface area contributed by atoms with Crippen LogP contribution in [0.1, 0.15) is 51.9 Å². The summed E-state index contributed by atoms with van der Waals surface area (Å²) in [4.78, 5) is 30.2. The van der Waals surface area contributed by atoms with E-state index in [2.05, 4.69) is 36.6 Å². The average Bonchev–Trinajstić information content (AvgIpc) is 3.53. The summed E-state index contributed by atoms with van der Waals surface area (Å²) in [6.07, 6.45) is -0.463. The predicted molar refractivity (Wildman–Crippen MR) is 133 cm³/mol. The fourth-order valence-corrected chi connectivity index (χ4v) is 4.82. The number of carbonyl (C=O) groups excluding carboxylic acids is 2. The summed E-state index contributed by atoms with van der Waals surface area (Å²) in [5, 5.41) is 8.83.